The van der Waals surface area contributed by atoms with Crippen LogP contribution in [0, 0.1) is 0 Å². The first-order valence-corrected chi connectivity index (χ1v) is 4.69. The first kappa shape index (κ1) is 10.3. The molecule has 0 aliphatic heterocycles. The maximum atomic E-state index is 5.71. The fraction of sp³-hybridized carbons (Fsp3) is 0.700. The van der Waals surface area contributed by atoms with Crippen LogP contribution in [0.25, 0.3) is 0 Å². The van der Waals surface area contributed by atoms with Crippen molar-refractivity contribution >= 4 is 0 Å². The second-order valence-corrected chi connectivity index (χ2v) is 4.65. The van der Waals surface area contributed by atoms with Gasteiger partial charge in [0.25, 0.3) is 0 Å². The molecule has 0 aliphatic rings. The average Bonchev–Trinajstić information content (AvgIpc) is 2.32. The number of hydrogen-bond donors (Lipinski definition) is 1. The highest BCUT2D eigenvalue weighted by molar-refractivity contribution is 5.06. The minimum Gasteiger partial charge on any atom is -0.328 e. The third kappa shape index (κ3) is 2.84. The van der Waals surface area contributed by atoms with E-state index in [0.29, 0.717) is 0 Å². The lowest BCUT2D eigenvalue weighted by molar-refractivity contribution is 0.355. The van der Waals surface area contributed by atoms with Crippen molar-refractivity contribution in [2.24, 2.45) is 5.73 Å². The zero-order valence-corrected chi connectivity index (χ0v) is 8.91. The number of nitrogens with two attached hydrogens (primary N) is 1. The van der Waals surface area contributed by atoms with Gasteiger partial charge in [-0.15, -0.1) is 0 Å². The number of nitrogens with zero attached hydrogens (tertiary/aromatic N) is 2. The molecule has 0 saturated carbocycles. The molecule has 0 saturated heterocycles. The van der Waals surface area contributed by atoms with E-state index >= 15 is 0 Å². The van der Waals surface area contributed by atoms with Gasteiger partial charge < -0.3 is 5.73 Å². The smallest absolute Gasteiger partial charge is 0.0543 e. The Morgan fingerprint density at radius 2 is 2.15 bits per heavy atom. The Bertz CT molecular complexity index is 268. The third-order valence-electron chi connectivity index (χ3n) is 1.88. The Hall–Kier alpha value is -0.830. The van der Waals surface area contributed by atoms with Crippen molar-refractivity contribution < 1.29 is 0 Å². The molecule has 1 aromatic rings. The van der Waals surface area contributed by atoms with Crippen molar-refractivity contribution in [1.29, 1.82) is 0 Å². The van der Waals surface area contributed by atoms with E-state index in [1.54, 1.807) is 0 Å². The molecule has 0 unspecified atom stereocenters. The summed E-state index contributed by atoms with van der Waals surface area (Å²) >= 11 is 0. The van der Waals surface area contributed by atoms with E-state index in [1.165, 1.54) is 5.56 Å². The second-order valence-electron chi connectivity index (χ2n) is 4.65. The summed E-state index contributed by atoms with van der Waals surface area (Å²) in [7, 11) is 0. The molecular weight excluding hydrogens is 162 g/mol. The first-order valence-electron chi connectivity index (χ1n) is 4.69. The van der Waals surface area contributed by atoms with Gasteiger partial charge in [0.15, 0.2) is 0 Å². The van der Waals surface area contributed by atoms with Crippen molar-refractivity contribution in [3.8, 4) is 0 Å². The van der Waals surface area contributed by atoms with E-state index in [0.717, 1.165) is 6.42 Å². The van der Waals surface area contributed by atoms with Crippen molar-refractivity contribution in [3.05, 3.63) is 18.0 Å². The minimum absolute atomic E-state index is 0.0656. The third-order valence-corrected chi connectivity index (χ3v) is 1.88. The van der Waals surface area contributed by atoms with Crippen LogP contribution in [0.3, 0.4) is 0 Å². The standard InChI is InChI=1S/C10H19N3/c1-8(11)5-9-6-12-13(7-9)10(2,3)4/h6-8H,5,11H2,1-4H3/t8-/m0/s1. The topological polar surface area (TPSA) is 43.8 Å². The van der Waals surface area contributed by atoms with Crippen LogP contribution >= 0.6 is 0 Å². The van der Waals surface area contributed by atoms with Crippen molar-refractivity contribution in [2.75, 3.05) is 0 Å². The molecule has 0 aliphatic carbocycles. The van der Waals surface area contributed by atoms with E-state index in [4.69, 9.17) is 5.73 Å². The van der Waals surface area contributed by atoms with Gasteiger partial charge in [-0.3, -0.25) is 4.68 Å². The summed E-state index contributed by atoms with van der Waals surface area (Å²) in [6.45, 7) is 8.41. The molecule has 2 N–H and O–H groups in total. The van der Waals surface area contributed by atoms with Gasteiger partial charge in [-0.2, -0.15) is 5.10 Å². The van der Waals surface area contributed by atoms with Crippen LogP contribution in [0.5, 0.6) is 0 Å². The quantitative estimate of drug-likeness (QED) is 0.752. The molecule has 1 aromatic heterocycles. The average molecular weight is 181 g/mol. The van der Waals surface area contributed by atoms with Crippen LogP contribution in [0.4, 0.5) is 0 Å². The summed E-state index contributed by atoms with van der Waals surface area (Å²) in [5.74, 6) is 0. The maximum absolute atomic E-state index is 5.71. The van der Waals surface area contributed by atoms with Gasteiger partial charge in [0.2, 0.25) is 0 Å². The highest BCUT2D eigenvalue weighted by Crippen LogP contribution is 2.13. The molecule has 3 heteroatoms. The first-order chi connectivity index (χ1) is 5.89. The van der Waals surface area contributed by atoms with E-state index < -0.39 is 0 Å². The lowest BCUT2D eigenvalue weighted by atomic mass is 10.1. The van der Waals surface area contributed by atoms with Gasteiger partial charge in [0, 0.05) is 12.2 Å². The molecule has 1 atom stereocenters. The van der Waals surface area contributed by atoms with Crippen LogP contribution in [-0.4, -0.2) is 15.8 Å². The van der Waals surface area contributed by atoms with Crippen LogP contribution in [0.15, 0.2) is 12.4 Å². The SMILES string of the molecule is C[C@H](N)Cc1cnn(C(C)(C)C)c1. The molecule has 1 heterocycles. The Morgan fingerprint density at radius 3 is 2.54 bits per heavy atom. The zero-order valence-electron chi connectivity index (χ0n) is 8.91. The van der Waals surface area contributed by atoms with Crippen molar-refractivity contribution in [3.63, 3.8) is 0 Å². The molecule has 0 radical (unpaired) electrons. The second kappa shape index (κ2) is 3.50. The summed E-state index contributed by atoms with van der Waals surface area (Å²) in [6, 6.07) is 0.206. The molecule has 0 amide bonds. The van der Waals surface area contributed by atoms with E-state index in [2.05, 4.69) is 32.1 Å². The van der Waals surface area contributed by atoms with Crippen LogP contribution in [-0.2, 0) is 12.0 Å². The monoisotopic (exact) mass is 181 g/mol. The predicted octanol–water partition coefficient (Wildman–Crippen LogP) is 1.53. The Morgan fingerprint density at radius 1 is 1.54 bits per heavy atom. The molecule has 0 aromatic carbocycles. The lowest BCUT2D eigenvalue weighted by Crippen LogP contribution is -2.22. The molecule has 3 nitrogen and oxygen atoms in total. The molecular formula is C10H19N3. The predicted molar refractivity (Wildman–Crippen MR) is 54.6 cm³/mol. The normalized spacial score (nSPS) is 14.5. The number of hydrogen-bond acceptors (Lipinski definition) is 2. The van der Waals surface area contributed by atoms with E-state index in [9.17, 15) is 0 Å². The highest BCUT2D eigenvalue weighted by atomic mass is 15.3. The fourth-order valence-electron chi connectivity index (χ4n) is 1.20. The summed E-state index contributed by atoms with van der Waals surface area (Å²) in [5.41, 5.74) is 6.98. The van der Waals surface area contributed by atoms with Crippen LogP contribution in [0.1, 0.15) is 33.3 Å². The summed E-state index contributed by atoms with van der Waals surface area (Å²) in [6.07, 6.45) is 4.87. The molecule has 13 heavy (non-hydrogen) atoms. The van der Waals surface area contributed by atoms with E-state index in [-0.39, 0.29) is 11.6 Å². The van der Waals surface area contributed by atoms with E-state index in [1.807, 2.05) is 17.8 Å². The van der Waals surface area contributed by atoms with Gasteiger partial charge in [-0.1, -0.05) is 0 Å². The molecule has 74 valence electrons. The number of aromatic nitrogens is 2. The van der Waals surface area contributed by atoms with Crippen molar-refractivity contribution in [2.45, 2.75) is 45.7 Å². The Balaban J connectivity index is 2.75. The Labute approximate surface area is 79.9 Å². The fourth-order valence-corrected chi connectivity index (χ4v) is 1.20. The van der Waals surface area contributed by atoms with Gasteiger partial charge in [-0.25, -0.2) is 0 Å². The van der Waals surface area contributed by atoms with Gasteiger partial charge >= 0.3 is 0 Å². The summed E-state index contributed by atoms with van der Waals surface area (Å²) in [5, 5.41) is 4.30. The molecule has 0 fully saturated rings. The zero-order chi connectivity index (χ0) is 10.1. The number of rotatable bonds is 2. The van der Waals surface area contributed by atoms with Crippen LogP contribution in [0.2, 0.25) is 0 Å². The maximum Gasteiger partial charge on any atom is 0.0543 e. The summed E-state index contributed by atoms with van der Waals surface area (Å²) < 4.78 is 1.98. The molecule has 0 spiro atoms. The molecule has 1 rings (SSSR count). The Kier molecular flexibility index (Phi) is 2.76. The largest absolute Gasteiger partial charge is 0.328 e. The summed E-state index contributed by atoms with van der Waals surface area (Å²) in [4.78, 5) is 0. The van der Waals surface area contributed by atoms with Crippen molar-refractivity contribution in [1.82, 2.24) is 9.78 Å². The van der Waals surface area contributed by atoms with Gasteiger partial charge in [0.05, 0.1) is 11.7 Å². The van der Waals surface area contributed by atoms with Gasteiger partial charge in [-0.05, 0) is 39.7 Å². The highest BCUT2D eigenvalue weighted by Gasteiger charge is 2.13. The van der Waals surface area contributed by atoms with Gasteiger partial charge in [0.1, 0.15) is 0 Å². The van der Waals surface area contributed by atoms with Crippen LogP contribution < -0.4 is 5.73 Å². The molecule has 0 bridgehead atoms. The minimum atomic E-state index is 0.0656. The lowest BCUT2D eigenvalue weighted by Gasteiger charge is -2.18.